The molecule has 122 valence electrons. The molecule has 2 heterocycles. The standard InChI is InChI=1S/C15H7ClF2N2O3S/c16-7-1-6(2-11-13(7)23-5-22-11)14(21)20-15-19-10-3-8(17)9(18)4-12(10)24-15/h1-4H,5H2,(H,19,20,21). The van der Waals surface area contributed by atoms with Gasteiger partial charge in [-0.25, -0.2) is 13.8 Å². The number of halogens is 3. The number of ether oxygens (including phenoxy) is 2. The summed E-state index contributed by atoms with van der Waals surface area (Å²) in [6, 6.07) is 4.96. The molecule has 0 saturated carbocycles. The first kappa shape index (κ1) is 15.1. The van der Waals surface area contributed by atoms with Gasteiger partial charge in [0.15, 0.2) is 28.3 Å². The van der Waals surface area contributed by atoms with Gasteiger partial charge in [0.05, 0.1) is 15.2 Å². The molecule has 0 atom stereocenters. The van der Waals surface area contributed by atoms with Crippen LogP contribution in [0.25, 0.3) is 10.2 Å². The summed E-state index contributed by atoms with van der Waals surface area (Å²) in [6.07, 6.45) is 0. The zero-order valence-corrected chi connectivity index (χ0v) is 13.3. The average Bonchev–Trinajstić information content (AvgIpc) is 3.14. The molecule has 9 heteroatoms. The number of benzene rings is 2. The summed E-state index contributed by atoms with van der Waals surface area (Å²) in [5.74, 6) is -1.67. The Morgan fingerprint density at radius 3 is 2.83 bits per heavy atom. The molecule has 1 aromatic heterocycles. The normalized spacial score (nSPS) is 12.6. The van der Waals surface area contributed by atoms with E-state index in [2.05, 4.69) is 10.3 Å². The van der Waals surface area contributed by atoms with Gasteiger partial charge in [0, 0.05) is 11.6 Å². The fourth-order valence-corrected chi connectivity index (χ4v) is 3.38. The minimum absolute atomic E-state index is 0.0368. The minimum atomic E-state index is -0.992. The monoisotopic (exact) mass is 368 g/mol. The van der Waals surface area contributed by atoms with Crippen molar-refractivity contribution >= 4 is 44.2 Å². The smallest absolute Gasteiger partial charge is 0.257 e. The van der Waals surface area contributed by atoms with Gasteiger partial charge in [0.25, 0.3) is 5.91 Å². The van der Waals surface area contributed by atoms with Crippen LogP contribution in [-0.2, 0) is 0 Å². The van der Waals surface area contributed by atoms with Crippen molar-refractivity contribution in [1.82, 2.24) is 4.98 Å². The Bertz CT molecular complexity index is 953. The number of nitrogens with one attached hydrogen (secondary N) is 1. The molecule has 1 N–H and O–H groups in total. The van der Waals surface area contributed by atoms with Gasteiger partial charge in [-0.2, -0.15) is 0 Å². The topological polar surface area (TPSA) is 60.5 Å². The molecule has 2 aromatic carbocycles. The van der Waals surface area contributed by atoms with E-state index in [0.717, 1.165) is 23.5 Å². The van der Waals surface area contributed by atoms with Crippen molar-refractivity contribution in [2.45, 2.75) is 0 Å². The summed E-state index contributed by atoms with van der Waals surface area (Å²) in [4.78, 5) is 16.4. The first-order valence-corrected chi connectivity index (χ1v) is 7.87. The maximum absolute atomic E-state index is 13.2. The molecule has 5 nitrogen and oxygen atoms in total. The molecule has 0 unspecified atom stereocenters. The van der Waals surface area contributed by atoms with Crippen molar-refractivity contribution in [1.29, 1.82) is 0 Å². The van der Waals surface area contributed by atoms with E-state index in [1.165, 1.54) is 12.1 Å². The highest BCUT2D eigenvalue weighted by Crippen LogP contribution is 2.40. The Labute approximate surface area is 142 Å². The number of carbonyl (C=O) groups is 1. The lowest BCUT2D eigenvalue weighted by atomic mass is 10.2. The van der Waals surface area contributed by atoms with Gasteiger partial charge in [-0.1, -0.05) is 22.9 Å². The largest absolute Gasteiger partial charge is 0.454 e. The number of rotatable bonds is 2. The zero-order chi connectivity index (χ0) is 16.8. The molecule has 24 heavy (non-hydrogen) atoms. The van der Waals surface area contributed by atoms with Crippen molar-refractivity contribution in [2.24, 2.45) is 0 Å². The van der Waals surface area contributed by atoms with Gasteiger partial charge in [0.1, 0.15) is 0 Å². The Kier molecular flexibility index (Phi) is 3.50. The van der Waals surface area contributed by atoms with Crippen LogP contribution in [-0.4, -0.2) is 17.7 Å². The Hall–Kier alpha value is -2.45. The van der Waals surface area contributed by atoms with E-state index >= 15 is 0 Å². The van der Waals surface area contributed by atoms with Gasteiger partial charge >= 0.3 is 0 Å². The van der Waals surface area contributed by atoms with E-state index in [1.807, 2.05) is 0 Å². The SMILES string of the molecule is O=C(Nc1nc2cc(F)c(F)cc2s1)c1cc(Cl)c2c(c1)OCO2. The molecule has 1 aliphatic heterocycles. The Morgan fingerprint density at radius 2 is 2.00 bits per heavy atom. The molecule has 0 spiro atoms. The van der Waals surface area contributed by atoms with Crippen molar-refractivity contribution < 1.29 is 23.0 Å². The molecule has 1 aliphatic rings. The maximum Gasteiger partial charge on any atom is 0.257 e. The minimum Gasteiger partial charge on any atom is -0.454 e. The predicted octanol–water partition coefficient (Wildman–Crippen LogP) is 4.21. The first-order valence-electron chi connectivity index (χ1n) is 6.67. The highest BCUT2D eigenvalue weighted by atomic mass is 35.5. The van der Waals surface area contributed by atoms with Crippen LogP contribution in [0, 0.1) is 11.6 Å². The van der Waals surface area contributed by atoms with Gasteiger partial charge in [-0.15, -0.1) is 0 Å². The highest BCUT2D eigenvalue weighted by molar-refractivity contribution is 7.22. The first-order chi connectivity index (χ1) is 11.5. The Balaban J connectivity index is 1.63. The second kappa shape index (κ2) is 5.57. The van der Waals surface area contributed by atoms with Gasteiger partial charge in [-0.05, 0) is 18.2 Å². The third-order valence-corrected chi connectivity index (χ3v) is 4.55. The molecule has 1 amide bonds. The molecule has 0 aliphatic carbocycles. The van der Waals surface area contributed by atoms with Crippen LogP contribution in [0.5, 0.6) is 11.5 Å². The third kappa shape index (κ3) is 2.53. The molecular weight excluding hydrogens is 362 g/mol. The van der Waals surface area contributed by atoms with Crippen molar-refractivity contribution in [3.05, 3.63) is 46.5 Å². The molecular formula is C15H7ClF2N2O3S. The second-order valence-corrected chi connectivity index (χ2v) is 6.34. The number of anilines is 1. The molecule has 0 bridgehead atoms. The molecule has 3 aromatic rings. The van der Waals surface area contributed by atoms with Gasteiger partial charge < -0.3 is 9.47 Å². The van der Waals surface area contributed by atoms with E-state index in [0.29, 0.717) is 16.2 Å². The van der Waals surface area contributed by atoms with E-state index in [1.54, 1.807) is 0 Å². The number of amides is 1. The predicted molar refractivity (Wildman–Crippen MR) is 85.1 cm³/mol. The van der Waals surface area contributed by atoms with Crippen molar-refractivity contribution in [3.63, 3.8) is 0 Å². The van der Waals surface area contributed by atoms with Crippen LogP contribution in [0.15, 0.2) is 24.3 Å². The molecule has 0 fully saturated rings. The van der Waals surface area contributed by atoms with Gasteiger partial charge in [0.2, 0.25) is 6.79 Å². The molecule has 4 rings (SSSR count). The van der Waals surface area contributed by atoms with E-state index in [-0.39, 0.29) is 28.0 Å². The molecule has 0 radical (unpaired) electrons. The zero-order valence-electron chi connectivity index (χ0n) is 11.7. The highest BCUT2D eigenvalue weighted by Gasteiger charge is 2.21. The van der Waals surface area contributed by atoms with Crippen molar-refractivity contribution in [3.8, 4) is 11.5 Å². The van der Waals surface area contributed by atoms with Crippen LogP contribution in [0.4, 0.5) is 13.9 Å². The summed E-state index contributed by atoms with van der Waals surface area (Å²) in [5, 5.41) is 3.04. The average molecular weight is 369 g/mol. The summed E-state index contributed by atoms with van der Waals surface area (Å²) >= 11 is 7.07. The number of aromatic nitrogens is 1. The number of thiazole rings is 1. The maximum atomic E-state index is 13.2. The summed E-state index contributed by atoms with van der Waals surface area (Å²) in [7, 11) is 0. The number of fused-ring (bicyclic) bond motifs is 2. The van der Waals surface area contributed by atoms with E-state index in [9.17, 15) is 13.6 Å². The van der Waals surface area contributed by atoms with Crippen LogP contribution in [0.2, 0.25) is 5.02 Å². The number of nitrogens with zero attached hydrogens (tertiary/aromatic N) is 1. The quantitative estimate of drug-likeness (QED) is 0.736. The lowest BCUT2D eigenvalue weighted by Gasteiger charge is -2.04. The van der Waals surface area contributed by atoms with Crippen LogP contribution in [0.3, 0.4) is 0 Å². The summed E-state index contributed by atoms with van der Waals surface area (Å²) in [6.45, 7) is 0.0368. The van der Waals surface area contributed by atoms with E-state index in [4.69, 9.17) is 21.1 Å². The number of hydrogen-bond donors (Lipinski definition) is 1. The molecule has 0 saturated heterocycles. The van der Waals surface area contributed by atoms with Crippen molar-refractivity contribution in [2.75, 3.05) is 12.1 Å². The Morgan fingerprint density at radius 1 is 1.21 bits per heavy atom. The third-order valence-electron chi connectivity index (χ3n) is 3.34. The lowest BCUT2D eigenvalue weighted by Crippen LogP contribution is -2.11. The van der Waals surface area contributed by atoms with Crippen LogP contribution in [0.1, 0.15) is 10.4 Å². The second-order valence-electron chi connectivity index (χ2n) is 4.90. The fraction of sp³-hybridized carbons (Fsp3) is 0.0667. The van der Waals surface area contributed by atoms with E-state index < -0.39 is 17.5 Å². The van der Waals surface area contributed by atoms with Gasteiger partial charge in [-0.3, -0.25) is 10.1 Å². The fourth-order valence-electron chi connectivity index (χ4n) is 2.24. The van der Waals surface area contributed by atoms with Crippen LogP contribution >= 0.6 is 22.9 Å². The summed E-state index contributed by atoms with van der Waals surface area (Å²) < 4.78 is 37.3. The lowest BCUT2D eigenvalue weighted by molar-refractivity contribution is 0.102. The van der Waals surface area contributed by atoms with Crippen LogP contribution < -0.4 is 14.8 Å². The summed E-state index contributed by atoms with van der Waals surface area (Å²) in [5.41, 5.74) is 0.513. The number of hydrogen-bond acceptors (Lipinski definition) is 5. The number of carbonyl (C=O) groups excluding carboxylic acids is 1.